The van der Waals surface area contributed by atoms with Crippen molar-refractivity contribution in [2.45, 2.75) is 13.3 Å². The van der Waals surface area contributed by atoms with Gasteiger partial charge in [-0.05, 0) is 30.7 Å². The van der Waals surface area contributed by atoms with Gasteiger partial charge in [-0.3, -0.25) is 9.20 Å². The lowest BCUT2D eigenvalue weighted by Gasteiger charge is -2.07. The highest BCUT2D eigenvalue weighted by atomic mass is 35.5. The molecule has 3 rings (SSSR count). The lowest BCUT2D eigenvalue weighted by Crippen LogP contribution is -2.16. The molecular weight excluding hydrogens is 307 g/mol. The molecule has 7 heteroatoms. The number of fused-ring (bicyclic) bond motifs is 1. The molecule has 1 N–H and O–H groups in total. The zero-order chi connectivity index (χ0) is 15.7. The molecule has 3 aromatic heterocycles. The summed E-state index contributed by atoms with van der Waals surface area (Å²) in [5.41, 5.74) is 1.78. The van der Waals surface area contributed by atoms with Crippen molar-refractivity contribution < 1.29 is 9.18 Å². The van der Waals surface area contributed by atoms with Crippen molar-refractivity contribution in [3.63, 3.8) is 0 Å². The first-order valence-electron chi connectivity index (χ1n) is 6.68. The number of rotatable bonds is 3. The van der Waals surface area contributed by atoms with Crippen molar-refractivity contribution in [1.82, 2.24) is 14.4 Å². The Hall–Kier alpha value is -2.47. The molecule has 0 radical (unpaired) electrons. The number of carbonyl (C=O) groups is 1. The highest BCUT2D eigenvalue weighted by Crippen LogP contribution is 2.20. The van der Waals surface area contributed by atoms with Gasteiger partial charge in [0.05, 0.1) is 11.4 Å². The van der Waals surface area contributed by atoms with Gasteiger partial charge in [-0.1, -0.05) is 18.5 Å². The summed E-state index contributed by atoms with van der Waals surface area (Å²) in [6.45, 7) is 1.88. The van der Waals surface area contributed by atoms with Crippen LogP contribution in [0.2, 0.25) is 5.15 Å². The molecule has 0 saturated carbocycles. The lowest BCUT2D eigenvalue weighted by atomic mass is 10.2. The van der Waals surface area contributed by atoms with E-state index in [1.54, 1.807) is 12.1 Å². The molecule has 0 fully saturated rings. The molecule has 5 nitrogen and oxygen atoms in total. The third-order valence-electron chi connectivity index (χ3n) is 3.21. The Bertz CT molecular complexity index is 862. The first-order valence-corrected chi connectivity index (χ1v) is 7.06. The van der Waals surface area contributed by atoms with Crippen LogP contribution >= 0.6 is 11.6 Å². The molecule has 0 spiro atoms. The summed E-state index contributed by atoms with van der Waals surface area (Å²) in [6.07, 6.45) is 3.31. The monoisotopic (exact) mass is 318 g/mol. The van der Waals surface area contributed by atoms with E-state index in [1.165, 1.54) is 28.9 Å². The summed E-state index contributed by atoms with van der Waals surface area (Å²) in [7, 11) is 0. The number of imidazole rings is 1. The zero-order valence-corrected chi connectivity index (χ0v) is 12.4. The summed E-state index contributed by atoms with van der Waals surface area (Å²) < 4.78 is 14.9. The van der Waals surface area contributed by atoms with E-state index in [4.69, 9.17) is 11.6 Å². The lowest BCUT2D eigenvalue weighted by molar-refractivity contribution is 0.102. The number of hydrogen-bond donors (Lipinski definition) is 1. The minimum atomic E-state index is -0.444. The fraction of sp³-hybridized carbons (Fsp3) is 0.133. The van der Waals surface area contributed by atoms with Crippen LogP contribution in [0.1, 0.15) is 23.1 Å². The van der Waals surface area contributed by atoms with Crippen LogP contribution in [0, 0.1) is 5.82 Å². The second-order valence-corrected chi connectivity index (χ2v) is 4.99. The van der Waals surface area contributed by atoms with Crippen LogP contribution in [0.15, 0.2) is 36.7 Å². The standard InChI is InChI=1S/C15H12ClFN4O/c1-2-10-13(21-8-9(17)5-6-12(21)19-10)15(22)20-11-4-3-7-18-14(11)16/h3-8H,2H2,1H3,(H,20,22). The van der Waals surface area contributed by atoms with Gasteiger partial charge < -0.3 is 5.32 Å². The summed E-state index contributed by atoms with van der Waals surface area (Å²) in [5.74, 6) is -0.856. The first kappa shape index (κ1) is 14.5. The normalized spacial score (nSPS) is 10.9. The third-order valence-corrected chi connectivity index (χ3v) is 3.51. The smallest absolute Gasteiger partial charge is 0.274 e. The fourth-order valence-corrected chi connectivity index (χ4v) is 2.38. The van der Waals surface area contributed by atoms with Gasteiger partial charge in [0.2, 0.25) is 0 Å². The molecule has 0 aliphatic rings. The molecule has 112 valence electrons. The van der Waals surface area contributed by atoms with Crippen molar-refractivity contribution in [3.8, 4) is 0 Å². The van der Waals surface area contributed by atoms with Crippen LogP contribution in [0.5, 0.6) is 0 Å². The number of carbonyl (C=O) groups excluding carboxylic acids is 1. The fourth-order valence-electron chi connectivity index (χ4n) is 2.22. The molecule has 3 aromatic rings. The number of aromatic nitrogens is 3. The molecule has 0 aliphatic carbocycles. The maximum Gasteiger partial charge on any atom is 0.274 e. The van der Waals surface area contributed by atoms with E-state index in [0.29, 0.717) is 23.4 Å². The Morgan fingerprint density at radius 1 is 1.41 bits per heavy atom. The molecule has 0 atom stereocenters. The maximum atomic E-state index is 13.5. The molecule has 3 heterocycles. The quantitative estimate of drug-likeness (QED) is 0.753. The predicted octanol–water partition coefficient (Wildman–Crippen LogP) is 3.34. The summed E-state index contributed by atoms with van der Waals surface area (Å²) in [6, 6.07) is 6.14. The largest absolute Gasteiger partial charge is 0.318 e. The number of hydrogen-bond acceptors (Lipinski definition) is 3. The van der Waals surface area contributed by atoms with Gasteiger partial charge >= 0.3 is 0 Å². The van der Waals surface area contributed by atoms with E-state index in [9.17, 15) is 9.18 Å². The Labute approximate surface area is 130 Å². The number of nitrogens with one attached hydrogen (secondary N) is 1. The van der Waals surface area contributed by atoms with Gasteiger partial charge in [0.15, 0.2) is 5.15 Å². The maximum absolute atomic E-state index is 13.5. The Morgan fingerprint density at radius 2 is 2.23 bits per heavy atom. The minimum absolute atomic E-state index is 0.189. The molecule has 0 bridgehead atoms. The molecule has 22 heavy (non-hydrogen) atoms. The Balaban J connectivity index is 2.06. The van der Waals surface area contributed by atoms with Crippen molar-refractivity contribution in [1.29, 1.82) is 0 Å². The predicted molar refractivity (Wildman–Crippen MR) is 81.7 cm³/mol. The molecule has 0 saturated heterocycles. The molecule has 0 aliphatic heterocycles. The number of aryl methyl sites for hydroxylation is 1. The molecule has 0 unspecified atom stereocenters. The van der Waals surface area contributed by atoms with Gasteiger partial charge in [0, 0.05) is 12.4 Å². The number of amides is 1. The average Bonchev–Trinajstić information content (AvgIpc) is 2.87. The van der Waals surface area contributed by atoms with Gasteiger partial charge in [-0.15, -0.1) is 0 Å². The molecular formula is C15H12ClFN4O. The van der Waals surface area contributed by atoms with E-state index in [1.807, 2.05) is 6.92 Å². The van der Waals surface area contributed by atoms with Crippen molar-refractivity contribution >= 4 is 28.8 Å². The molecule has 1 amide bonds. The highest BCUT2D eigenvalue weighted by molar-refractivity contribution is 6.32. The first-order chi connectivity index (χ1) is 10.6. The second-order valence-electron chi connectivity index (χ2n) is 4.63. The van der Waals surface area contributed by atoms with E-state index < -0.39 is 11.7 Å². The van der Waals surface area contributed by atoms with E-state index >= 15 is 0 Å². The summed E-state index contributed by atoms with van der Waals surface area (Å²) >= 11 is 5.94. The highest BCUT2D eigenvalue weighted by Gasteiger charge is 2.19. The topological polar surface area (TPSA) is 59.3 Å². The van der Waals surface area contributed by atoms with Crippen LogP contribution in [0.3, 0.4) is 0 Å². The SMILES string of the molecule is CCc1nc2ccc(F)cn2c1C(=O)Nc1cccnc1Cl. The van der Waals surface area contributed by atoms with Crippen LogP contribution in [-0.2, 0) is 6.42 Å². The summed E-state index contributed by atoms with van der Waals surface area (Å²) in [5, 5.41) is 2.87. The van der Waals surface area contributed by atoms with Crippen LogP contribution in [0.25, 0.3) is 5.65 Å². The summed E-state index contributed by atoms with van der Waals surface area (Å²) in [4.78, 5) is 20.8. The van der Waals surface area contributed by atoms with Crippen LogP contribution in [0.4, 0.5) is 10.1 Å². The average molecular weight is 319 g/mol. The third kappa shape index (κ3) is 2.53. The van der Waals surface area contributed by atoms with Gasteiger partial charge in [0.25, 0.3) is 5.91 Å². The minimum Gasteiger partial charge on any atom is -0.318 e. The van der Waals surface area contributed by atoms with Crippen LogP contribution in [-0.4, -0.2) is 20.3 Å². The van der Waals surface area contributed by atoms with Crippen LogP contribution < -0.4 is 5.32 Å². The van der Waals surface area contributed by atoms with E-state index in [2.05, 4.69) is 15.3 Å². The zero-order valence-electron chi connectivity index (χ0n) is 11.7. The van der Waals surface area contributed by atoms with Crippen molar-refractivity contribution in [3.05, 3.63) is 59.0 Å². The van der Waals surface area contributed by atoms with Crippen molar-refractivity contribution in [2.24, 2.45) is 0 Å². The second kappa shape index (κ2) is 5.73. The van der Waals surface area contributed by atoms with Gasteiger partial charge in [-0.25, -0.2) is 14.4 Å². The van der Waals surface area contributed by atoms with E-state index in [-0.39, 0.29) is 10.8 Å². The number of halogens is 2. The van der Waals surface area contributed by atoms with E-state index in [0.717, 1.165) is 0 Å². The van der Waals surface area contributed by atoms with Gasteiger partial charge in [-0.2, -0.15) is 0 Å². The number of nitrogens with zero attached hydrogens (tertiary/aromatic N) is 3. The Kier molecular flexibility index (Phi) is 3.77. The Morgan fingerprint density at radius 3 is 2.95 bits per heavy atom. The number of anilines is 1. The van der Waals surface area contributed by atoms with Crippen molar-refractivity contribution in [2.75, 3.05) is 5.32 Å². The van der Waals surface area contributed by atoms with Gasteiger partial charge in [0.1, 0.15) is 17.2 Å². The molecule has 0 aromatic carbocycles. The number of pyridine rings is 2.